The van der Waals surface area contributed by atoms with Crippen LogP contribution in [-0.2, 0) is 9.53 Å². The minimum atomic E-state index is -0.0761. The van der Waals surface area contributed by atoms with E-state index in [2.05, 4.69) is 18.7 Å². The van der Waals surface area contributed by atoms with Crippen LogP contribution in [0.5, 0.6) is 0 Å². The lowest BCUT2D eigenvalue weighted by Crippen LogP contribution is -2.45. The monoisotopic (exact) mass is 256 g/mol. The van der Waals surface area contributed by atoms with Gasteiger partial charge in [-0.15, -0.1) is 0 Å². The van der Waals surface area contributed by atoms with Crippen molar-refractivity contribution in [3.8, 4) is 0 Å². The van der Waals surface area contributed by atoms with Crippen molar-refractivity contribution in [2.75, 3.05) is 26.7 Å². The lowest BCUT2D eigenvalue weighted by atomic mass is 9.88. The van der Waals surface area contributed by atoms with Crippen LogP contribution in [0.15, 0.2) is 0 Å². The standard InChI is InChI=1S/C14H28N2O2/c1-14(2,11-15)8-6-10-16-9-5-4-7-12(16)13(17)18-3/h12H,4-11,15H2,1-3H3. The van der Waals surface area contributed by atoms with Crippen molar-refractivity contribution in [1.82, 2.24) is 4.90 Å². The normalized spacial score (nSPS) is 21.9. The number of carbonyl (C=O) groups is 1. The molecule has 2 N–H and O–H groups in total. The van der Waals surface area contributed by atoms with Gasteiger partial charge in [-0.05, 0) is 50.7 Å². The van der Waals surface area contributed by atoms with Gasteiger partial charge < -0.3 is 10.5 Å². The summed E-state index contributed by atoms with van der Waals surface area (Å²) in [5, 5.41) is 0. The van der Waals surface area contributed by atoms with E-state index in [4.69, 9.17) is 10.5 Å². The maximum atomic E-state index is 11.7. The van der Waals surface area contributed by atoms with Gasteiger partial charge in [-0.1, -0.05) is 20.3 Å². The first kappa shape index (κ1) is 15.4. The first-order valence-corrected chi connectivity index (χ1v) is 7.02. The molecule has 106 valence electrons. The maximum absolute atomic E-state index is 11.7. The Kier molecular flexibility index (Phi) is 6.09. The Bertz CT molecular complexity index is 267. The Hall–Kier alpha value is -0.610. The van der Waals surface area contributed by atoms with E-state index in [1.807, 2.05) is 0 Å². The van der Waals surface area contributed by atoms with Crippen molar-refractivity contribution in [3.05, 3.63) is 0 Å². The van der Waals surface area contributed by atoms with Gasteiger partial charge in [-0.3, -0.25) is 9.69 Å². The summed E-state index contributed by atoms with van der Waals surface area (Å²) >= 11 is 0. The van der Waals surface area contributed by atoms with Gasteiger partial charge in [-0.2, -0.15) is 0 Å². The van der Waals surface area contributed by atoms with Crippen molar-refractivity contribution in [1.29, 1.82) is 0 Å². The molecule has 1 atom stereocenters. The number of hydrogen-bond acceptors (Lipinski definition) is 4. The average Bonchev–Trinajstić information content (AvgIpc) is 2.38. The van der Waals surface area contributed by atoms with Crippen LogP contribution in [0.2, 0.25) is 0 Å². The van der Waals surface area contributed by atoms with Gasteiger partial charge in [0, 0.05) is 0 Å². The summed E-state index contributed by atoms with van der Waals surface area (Å²) in [5.74, 6) is -0.0761. The molecule has 0 aromatic carbocycles. The van der Waals surface area contributed by atoms with Crippen LogP contribution >= 0.6 is 0 Å². The van der Waals surface area contributed by atoms with E-state index in [1.54, 1.807) is 0 Å². The van der Waals surface area contributed by atoms with E-state index in [9.17, 15) is 4.79 Å². The molecule has 1 saturated heterocycles. The fraction of sp³-hybridized carbons (Fsp3) is 0.929. The lowest BCUT2D eigenvalue weighted by molar-refractivity contribution is -0.148. The highest BCUT2D eigenvalue weighted by Crippen LogP contribution is 2.23. The van der Waals surface area contributed by atoms with E-state index in [0.29, 0.717) is 6.54 Å². The summed E-state index contributed by atoms with van der Waals surface area (Å²) in [6.07, 6.45) is 5.46. The fourth-order valence-corrected chi connectivity index (χ4v) is 2.52. The largest absolute Gasteiger partial charge is 0.468 e. The van der Waals surface area contributed by atoms with Crippen molar-refractivity contribution < 1.29 is 9.53 Å². The van der Waals surface area contributed by atoms with E-state index < -0.39 is 0 Å². The molecule has 1 heterocycles. The molecule has 1 fully saturated rings. The van der Waals surface area contributed by atoms with Gasteiger partial charge in [0.05, 0.1) is 7.11 Å². The SMILES string of the molecule is COC(=O)C1CCCCN1CCCC(C)(C)CN. The summed E-state index contributed by atoms with van der Waals surface area (Å²) in [4.78, 5) is 14.0. The zero-order chi connectivity index (χ0) is 13.6. The highest BCUT2D eigenvalue weighted by molar-refractivity contribution is 5.75. The summed E-state index contributed by atoms with van der Waals surface area (Å²) in [5.41, 5.74) is 5.94. The highest BCUT2D eigenvalue weighted by atomic mass is 16.5. The van der Waals surface area contributed by atoms with Crippen molar-refractivity contribution in [3.63, 3.8) is 0 Å². The van der Waals surface area contributed by atoms with Crippen LogP contribution in [0.1, 0.15) is 46.0 Å². The van der Waals surface area contributed by atoms with Gasteiger partial charge in [-0.25, -0.2) is 0 Å². The first-order valence-electron chi connectivity index (χ1n) is 7.02. The topological polar surface area (TPSA) is 55.6 Å². The molecule has 0 spiro atoms. The molecule has 4 heteroatoms. The second-order valence-electron chi connectivity index (χ2n) is 6.04. The lowest BCUT2D eigenvalue weighted by Gasteiger charge is -2.34. The van der Waals surface area contributed by atoms with Crippen LogP contribution in [0.3, 0.4) is 0 Å². The van der Waals surface area contributed by atoms with Crippen molar-refractivity contribution in [2.45, 2.75) is 52.0 Å². The van der Waals surface area contributed by atoms with Crippen LogP contribution in [0, 0.1) is 5.41 Å². The number of esters is 1. The number of nitrogens with zero attached hydrogens (tertiary/aromatic N) is 1. The van der Waals surface area contributed by atoms with E-state index in [1.165, 1.54) is 13.5 Å². The average molecular weight is 256 g/mol. The van der Waals surface area contributed by atoms with Crippen LogP contribution in [0.4, 0.5) is 0 Å². The third-order valence-electron chi connectivity index (χ3n) is 3.94. The molecule has 1 unspecified atom stereocenters. The van der Waals surface area contributed by atoms with Crippen LogP contribution < -0.4 is 5.73 Å². The number of likely N-dealkylation sites (tertiary alicyclic amines) is 1. The second-order valence-corrected chi connectivity index (χ2v) is 6.04. The molecule has 1 aliphatic heterocycles. The molecule has 0 aromatic heterocycles. The molecule has 18 heavy (non-hydrogen) atoms. The Balaban J connectivity index is 2.40. The molecule has 1 aliphatic rings. The Labute approximate surface area is 111 Å². The quantitative estimate of drug-likeness (QED) is 0.736. The molecule has 0 aromatic rings. The number of piperidine rings is 1. The number of hydrogen-bond donors (Lipinski definition) is 1. The van der Waals surface area contributed by atoms with Crippen LogP contribution in [0.25, 0.3) is 0 Å². The van der Waals surface area contributed by atoms with Gasteiger partial charge in [0.25, 0.3) is 0 Å². The third-order valence-corrected chi connectivity index (χ3v) is 3.94. The maximum Gasteiger partial charge on any atom is 0.323 e. The van der Waals surface area contributed by atoms with Crippen LogP contribution in [-0.4, -0.2) is 43.7 Å². The molecule has 1 rings (SSSR count). The zero-order valence-corrected chi connectivity index (χ0v) is 12.1. The van der Waals surface area contributed by atoms with E-state index >= 15 is 0 Å². The number of ether oxygens (including phenoxy) is 1. The molecule has 0 radical (unpaired) electrons. The molecule has 0 bridgehead atoms. The highest BCUT2D eigenvalue weighted by Gasteiger charge is 2.29. The van der Waals surface area contributed by atoms with Crippen molar-refractivity contribution >= 4 is 5.97 Å². The Morgan fingerprint density at radius 1 is 1.44 bits per heavy atom. The summed E-state index contributed by atoms with van der Waals surface area (Å²) in [6, 6.07) is -0.0234. The van der Waals surface area contributed by atoms with E-state index in [-0.39, 0.29) is 17.4 Å². The molecule has 4 nitrogen and oxygen atoms in total. The minimum absolute atomic E-state index is 0.0234. The van der Waals surface area contributed by atoms with Gasteiger partial charge in [0.2, 0.25) is 0 Å². The predicted molar refractivity (Wildman–Crippen MR) is 73.3 cm³/mol. The number of rotatable bonds is 6. The molecule has 0 aliphatic carbocycles. The fourth-order valence-electron chi connectivity index (χ4n) is 2.52. The summed E-state index contributed by atoms with van der Waals surface area (Å²) in [6.45, 7) is 7.10. The zero-order valence-electron chi connectivity index (χ0n) is 12.1. The predicted octanol–water partition coefficient (Wildman–Crippen LogP) is 1.78. The Morgan fingerprint density at radius 2 is 2.17 bits per heavy atom. The summed E-state index contributed by atoms with van der Waals surface area (Å²) in [7, 11) is 1.48. The second kappa shape index (κ2) is 7.10. The Morgan fingerprint density at radius 3 is 2.78 bits per heavy atom. The number of carbonyl (C=O) groups excluding carboxylic acids is 1. The van der Waals surface area contributed by atoms with E-state index in [0.717, 1.165) is 38.8 Å². The molecular weight excluding hydrogens is 228 g/mol. The molecule has 0 amide bonds. The van der Waals surface area contributed by atoms with Gasteiger partial charge in [0.15, 0.2) is 0 Å². The first-order chi connectivity index (χ1) is 8.50. The van der Waals surface area contributed by atoms with Gasteiger partial charge in [0.1, 0.15) is 6.04 Å². The van der Waals surface area contributed by atoms with Crippen molar-refractivity contribution in [2.24, 2.45) is 11.1 Å². The van der Waals surface area contributed by atoms with Gasteiger partial charge >= 0.3 is 5.97 Å². The minimum Gasteiger partial charge on any atom is -0.468 e. The third kappa shape index (κ3) is 4.58. The summed E-state index contributed by atoms with van der Waals surface area (Å²) < 4.78 is 4.89. The number of nitrogens with two attached hydrogens (primary N) is 1. The molecular formula is C14H28N2O2. The molecule has 0 saturated carbocycles. The number of methoxy groups -OCH3 is 1. The smallest absolute Gasteiger partial charge is 0.323 e.